The van der Waals surface area contributed by atoms with Crippen LogP contribution >= 0.6 is 0 Å². The van der Waals surface area contributed by atoms with Crippen LogP contribution in [0, 0.1) is 0 Å². The SMILES string of the molecule is C=C(C)c1cc2ncnn2nc1OCC(C)(C)S(N)(=O)=O. The highest BCUT2D eigenvalue weighted by molar-refractivity contribution is 7.90. The molecule has 2 heterocycles. The van der Waals surface area contributed by atoms with Crippen LogP contribution in [0.2, 0.25) is 0 Å². The molecule has 0 aromatic carbocycles. The van der Waals surface area contributed by atoms with Gasteiger partial charge in [-0.1, -0.05) is 6.58 Å². The smallest absolute Gasteiger partial charge is 0.241 e. The summed E-state index contributed by atoms with van der Waals surface area (Å²) in [6.07, 6.45) is 1.36. The summed E-state index contributed by atoms with van der Waals surface area (Å²) in [6.45, 7) is 8.47. The highest BCUT2D eigenvalue weighted by Gasteiger charge is 2.32. The van der Waals surface area contributed by atoms with E-state index >= 15 is 0 Å². The fourth-order valence-corrected chi connectivity index (χ4v) is 1.71. The molecule has 0 aliphatic rings. The Morgan fingerprint density at radius 1 is 1.52 bits per heavy atom. The molecule has 0 bridgehead atoms. The fraction of sp³-hybridized carbons (Fsp3) is 0.417. The van der Waals surface area contributed by atoms with E-state index in [1.807, 2.05) is 0 Å². The van der Waals surface area contributed by atoms with E-state index in [0.29, 0.717) is 11.2 Å². The summed E-state index contributed by atoms with van der Waals surface area (Å²) in [4.78, 5) is 4.03. The standard InChI is InChI=1S/C12H17N5O3S/c1-8(2)9-5-10-14-7-15-17(10)16-11(9)20-6-12(3,4)21(13,18)19/h5,7H,1,6H2,2-4H3,(H2,13,18,19). The van der Waals surface area contributed by atoms with Crippen molar-refractivity contribution in [2.75, 3.05) is 6.61 Å². The monoisotopic (exact) mass is 311 g/mol. The van der Waals surface area contributed by atoms with Crippen LogP contribution in [0.15, 0.2) is 19.0 Å². The Bertz CT molecular complexity index is 794. The lowest BCUT2D eigenvalue weighted by atomic mass is 10.1. The van der Waals surface area contributed by atoms with Crippen LogP contribution in [0.25, 0.3) is 11.2 Å². The van der Waals surface area contributed by atoms with Crippen molar-refractivity contribution in [3.8, 4) is 5.88 Å². The van der Waals surface area contributed by atoms with E-state index in [4.69, 9.17) is 9.88 Å². The molecule has 21 heavy (non-hydrogen) atoms. The van der Waals surface area contributed by atoms with E-state index in [1.165, 1.54) is 24.8 Å². The van der Waals surface area contributed by atoms with Crippen LogP contribution in [-0.2, 0) is 10.0 Å². The summed E-state index contributed by atoms with van der Waals surface area (Å²) < 4.78 is 28.6. The highest BCUT2D eigenvalue weighted by Crippen LogP contribution is 2.25. The molecule has 0 aliphatic heterocycles. The second-order valence-corrected chi connectivity index (χ2v) is 7.54. The Kier molecular flexibility index (Phi) is 3.72. The molecule has 0 spiro atoms. The van der Waals surface area contributed by atoms with Crippen LogP contribution in [0.4, 0.5) is 0 Å². The molecule has 0 radical (unpaired) electrons. The van der Waals surface area contributed by atoms with E-state index < -0.39 is 14.8 Å². The van der Waals surface area contributed by atoms with Gasteiger partial charge in [0.05, 0.1) is 0 Å². The van der Waals surface area contributed by atoms with Gasteiger partial charge in [0.15, 0.2) is 5.65 Å². The molecule has 2 aromatic heterocycles. The average Bonchev–Trinajstić information content (AvgIpc) is 2.80. The molecule has 0 saturated heterocycles. The molecule has 2 rings (SSSR count). The molecule has 2 aromatic rings. The van der Waals surface area contributed by atoms with Crippen molar-refractivity contribution >= 4 is 21.2 Å². The molecule has 9 heteroatoms. The van der Waals surface area contributed by atoms with Gasteiger partial charge in [-0.2, -0.15) is 0 Å². The number of primary sulfonamides is 1. The normalized spacial score (nSPS) is 12.6. The molecule has 2 N–H and O–H groups in total. The maximum absolute atomic E-state index is 11.5. The second-order valence-electron chi connectivity index (χ2n) is 5.34. The van der Waals surface area contributed by atoms with Crippen LogP contribution in [0.1, 0.15) is 26.3 Å². The molecule has 0 unspecified atom stereocenters. The van der Waals surface area contributed by atoms with Gasteiger partial charge in [0.25, 0.3) is 0 Å². The van der Waals surface area contributed by atoms with Crippen LogP contribution in [0.5, 0.6) is 5.88 Å². The lowest BCUT2D eigenvalue weighted by Crippen LogP contribution is -2.43. The van der Waals surface area contributed by atoms with Gasteiger partial charge in [-0.15, -0.1) is 14.8 Å². The van der Waals surface area contributed by atoms with Gasteiger partial charge >= 0.3 is 0 Å². The van der Waals surface area contributed by atoms with Gasteiger partial charge in [-0.05, 0) is 32.4 Å². The lowest BCUT2D eigenvalue weighted by molar-refractivity contribution is 0.265. The molecule has 114 valence electrons. The summed E-state index contributed by atoms with van der Waals surface area (Å²) in [5.41, 5.74) is 1.91. The summed E-state index contributed by atoms with van der Waals surface area (Å²) in [7, 11) is -3.75. The number of allylic oxidation sites excluding steroid dienone is 1. The van der Waals surface area contributed by atoms with Gasteiger partial charge in [0.1, 0.15) is 17.7 Å². The number of hydrogen-bond donors (Lipinski definition) is 1. The second kappa shape index (κ2) is 5.08. The topological polar surface area (TPSA) is 112 Å². The third-order valence-corrected chi connectivity index (χ3v) is 4.69. The minimum atomic E-state index is -3.75. The fourth-order valence-electron chi connectivity index (χ4n) is 1.48. The first-order valence-corrected chi connectivity index (χ1v) is 7.68. The van der Waals surface area contributed by atoms with Crippen molar-refractivity contribution in [2.24, 2.45) is 5.14 Å². The largest absolute Gasteiger partial charge is 0.474 e. The third-order valence-electron chi connectivity index (χ3n) is 3.03. The number of rotatable bonds is 5. The summed E-state index contributed by atoms with van der Waals surface area (Å²) in [6, 6.07) is 1.72. The maximum atomic E-state index is 11.5. The quantitative estimate of drug-likeness (QED) is 0.865. The van der Waals surface area contributed by atoms with Crippen molar-refractivity contribution in [1.29, 1.82) is 0 Å². The molecule has 0 aliphatic carbocycles. The van der Waals surface area contributed by atoms with E-state index in [2.05, 4.69) is 21.8 Å². The van der Waals surface area contributed by atoms with Crippen molar-refractivity contribution in [1.82, 2.24) is 19.8 Å². The molecular weight excluding hydrogens is 294 g/mol. The zero-order valence-corrected chi connectivity index (χ0v) is 12.9. The zero-order valence-electron chi connectivity index (χ0n) is 12.1. The van der Waals surface area contributed by atoms with Crippen LogP contribution in [-0.4, -0.2) is 39.6 Å². The minimum Gasteiger partial charge on any atom is -0.474 e. The minimum absolute atomic E-state index is 0.140. The summed E-state index contributed by atoms with van der Waals surface area (Å²) in [5.74, 6) is 0.234. The first-order valence-electron chi connectivity index (χ1n) is 6.14. The van der Waals surface area contributed by atoms with Crippen molar-refractivity contribution in [3.05, 3.63) is 24.5 Å². The Labute approximate surface area is 122 Å². The number of sulfonamides is 1. The Morgan fingerprint density at radius 2 is 2.19 bits per heavy atom. The molecule has 0 fully saturated rings. The van der Waals surface area contributed by atoms with Crippen molar-refractivity contribution < 1.29 is 13.2 Å². The number of fused-ring (bicyclic) bond motifs is 1. The molecule has 0 atom stereocenters. The average molecular weight is 311 g/mol. The summed E-state index contributed by atoms with van der Waals surface area (Å²) in [5, 5.41) is 13.3. The van der Waals surface area contributed by atoms with Gasteiger partial charge in [-0.3, -0.25) is 0 Å². The van der Waals surface area contributed by atoms with Gasteiger partial charge < -0.3 is 4.74 Å². The predicted octanol–water partition coefficient (Wildman–Crippen LogP) is 0.603. The highest BCUT2D eigenvalue weighted by atomic mass is 32.2. The molecule has 0 amide bonds. The van der Waals surface area contributed by atoms with Gasteiger partial charge in [0.2, 0.25) is 15.9 Å². The first-order chi connectivity index (χ1) is 9.62. The molecule has 0 saturated carbocycles. The first kappa shape index (κ1) is 15.4. The van der Waals surface area contributed by atoms with E-state index in [-0.39, 0.29) is 12.5 Å². The van der Waals surface area contributed by atoms with Gasteiger partial charge in [0, 0.05) is 5.56 Å². The molecule has 8 nitrogen and oxygen atoms in total. The van der Waals surface area contributed by atoms with E-state index in [1.54, 1.807) is 13.0 Å². The third kappa shape index (κ3) is 3.03. The Balaban J connectivity index is 2.37. The number of hydrogen-bond acceptors (Lipinski definition) is 6. The number of nitrogens with two attached hydrogens (primary N) is 1. The van der Waals surface area contributed by atoms with Crippen molar-refractivity contribution in [2.45, 2.75) is 25.5 Å². The van der Waals surface area contributed by atoms with Crippen LogP contribution in [0.3, 0.4) is 0 Å². The number of ether oxygens (including phenoxy) is 1. The van der Waals surface area contributed by atoms with Crippen molar-refractivity contribution in [3.63, 3.8) is 0 Å². The maximum Gasteiger partial charge on any atom is 0.241 e. The zero-order chi connectivity index (χ0) is 15.8. The number of aromatic nitrogens is 4. The van der Waals surface area contributed by atoms with E-state index in [0.717, 1.165) is 5.57 Å². The number of nitrogens with zero attached hydrogens (tertiary/aromatic N) is 4. The lowest BCUT2D eigenvalue weighted by Gasteiger charge is -2.22. The Morgan fingerprint density at radius 3 is 2.76 bits per heavy atom. The Hall–Kier alpha value is -2.00. The molecular formula is C12H17N5O3S. The summed E-state index contributed by atoms with van der Waals surface area (Å²) >= 11 is 0. The predicted molar refractivity (Wildman–Crippen MR) is 78.2 cm³/mol. The van der Waals surface area contributed by atoms with Crippen LogP contribution < -0.4 is 9.88 Å². The van der Waals surface area contributed by atoms with E-state index in [9.17, 15) is 8.42 Å². The van der Waals surface area contributed by atoms with Gasteiger partial charge in [-0.25, -0.2) is 18.5 Å².